The molecular weight excluding hydrogens is 399 g/mol. The number of tetrazole rings is 1. The molecule has 3 aromatic rings. The molecular formula is C15H10ClFN6O3S. The third kappa shape index (κ3) is 4.20. The summed E-state index contributed by atoms with van der Waals surface area (Å²) < 4.78 is 15.3. The lowest BCUT2D eigenvalue weighted by atomic mass is 10.1. The van der Waals surface area contributed by atoms with Crippen LogP contribution in [0.25, 0.3) is 0 Å². The summed E-state index contributed by atoms with van der Waals surface area (Å²) in [6.07, 6.45) is 0. The van der Waals surface area contributed by atoms with Gasteiger partial charge in [0.05, 0.1) is 16.2 Å². The fourth-order valence-corrected chi connectivity index (χ4v) is 3.08. The average molecular weight is 409 g/mol. The smallest absolute Gasteiger partial charge is 0.270 e. The number of hydrogen-bond donors (Lipinski definition) is 1. The van der Waals surface area contributed by atoms with E-state index in [1.54, 1.807) is 7.05 Å². The van der Waals surface area contributed by atoms with Crippen LogP contribution in [0.15, 0.2) is 46.5 Å². The van der Waals surface area contributed by atoms with Crippen LogP contribution in [0.3, 0.4) is 0 Å². The molecule has 1 N–H and O–H groups in total. The molecule has 0 spiro atoms. The van der Waals surface area contributed by atoms with Crippen LogP contribution < -0.4 is 5.32 Å². The van der Waals surface area contributed by atoms with Gasteiger partial charge >= 0.3 is 0 Å². The molecule has 0 aliphatic heterocycles. The van der Waals surface area contributed by atoms with Gasteiger partial charge in [0.2, 0.25) is 5.16 Å². The summed E-state index contributed by atoms with van der Waals surface area (Å²) >= 11 is 6.74. The first-order valence-electron chi connectivity index (χ1n) is 7.30. The summed E-state index contributed by atoms with van der Waals surface area (Å²) in [5.74, 6) is -1.45. The first-order chi connectivity index (χ1) is 12.8. The number of nitrogens with zero attached hydrogens (tertiary/aromatic N) is 5. The van der Waals surface area contributed by atoms with Gasteiger partial charge in [-0.1, -0.05) is 11.6 Å². The Morgan fingerprint density at radius 1 is 1.33 bits per heavy atom. The van der Waals surface area contributed by atoms with Gasteiger partial charge in [-0.25, -0.2) is 9.07 Å². The number of carbonyl (C=O) groups excluding carboxylic acids is 1. The molecule has 9 nitrogen and oxygen atoms in total. The van der Waals surface area contributed by atoms with Crippen molar-refractivity contribution >= 4 is 40.6 Å². The van der Waals surface area contributed by atoms with Crippen molar-refractivity contribution in [3.05, 3.63) is 62.9 Å². The van der Waals surface area contributed by atoms with E-state index in [1.165, 1.54) is 28.9 Å². The van der Waals surface area contributed by atoms with E-state index in [2.05, 4.69) is 20.8 Å². The van der Waals surface area contributed by atoms with Gasteiger partial charge in [-0.2, -0.15) is 0 Å². The number of carbonyl (C=O) groups is 1. The fourth-order valence-electron chi connectivity index (χ4n) is 2.08. The molecule has 0 aliphatic rings. The molecule has 1 amide bonds. The zero-order chi connectivity index (χ0) is 19.6. The predicted molar refractivity (Wildman–Crippen MR) is 95.4 cm³/mol. The van der Waals surface area contributed by atoms with Crippen molar-refractivity contribution < 1.29 is 14.1 Å². The molecule has 12 heteroatoms. The van der Waals surface area contributed by atoms with Crippen LogP contribution >= 0.6 is 23.4 Å². The SMILES string of the molecule is Cn1nnnc1Sc1ccc([N+](=O)[O-])cc1C(=O)Nc1ccc(Cl)cc1F. The summed E-state index contributed by atoms with van der Waals surface area (Å²) in [6.45, 7) is 0. The van der Waals surface area contributed by atoms with E-state index in [0.717, 1.165) is 23.9 Å². The molecule has 3 rings (SSSR count). The van der Waals surface area contributed by atoms with Crippen molar-refractivity contribution in [2.24, 2.45) is 7.05 Å². The summed E-state index contributed by atoms with van der Waals surface area (Å²) in [6, 6.07) is 7.53. The molecule has 0 unspecified atom stereocenters. The van der Waals surface area contributed by atoms with E-state index in [0.29, 0.717) is 10.1 Å². The van der Waals surface area contributed by atoms with Gasteiger partial charge in [0.25, 0.3) is 11.6 Å². The Morgan fingerprint density at radius 2 is 2.11 bits per heavy atom. The second kappa shape index (κ2) is 7.68. The van der Waals surface area contributed by atoms with E-state index in [9.17, 15) is 19.3 Å². The molecule has 0 fully saturated rings. The summed E-state index contributed by atoms with van der Waals surface area (Å²) in [5.41, 5.74) is -0.407. The topological polar surface area (TPSA) is 116 Å². The number of anilines is 1. The quantitative estimate of drug-likeness (QED) is 0.508. The molecule has 1 aromatic heterocycles. The molecule has 0 radical (unpaired) electrons. The second-order valence-corrected chi connectivity index (χ2v) is 6.65. The van der Waals surface area contributed by atoms with Crippen molar-refractivity contribution in [2.45, 2.75) is 10.1 Å². The minimum Gasteiger partial charge on any atom is -0.319 e. The molecule has 27 heavy (non-hydrogen) atoms. The number of nitro groups is 1. The van der Waals surface area contributed by atoms with E-state index in [1.807, 2.05) is 0 Å². The fraction of sp³-hybridized carbons (Fsp3) is 0.0667. The van der Waals surface area contributed by atoms with Gasteiger partial charge in [-0.15, -0.1) is 5.10 Å². The highest BCUT2D eigenvalue weighted by Crippen LogP contribution is 2.31. The lowest BCUT2D eigenvalue weighted by Crippen LogP contribution is -2.14. The number of aromatic nitrogens is 4. The van der Waals surface area contributed by atoms with E-state index < -0.39 is 16.6 Å². The van der Waals surface area contributed by atoms with Gasteiger partial charge in [-0.3, -0.25) is 14.9 Å². The summed E-state index contributed by atoms with van der Waals surface area (Å²) in [4.78, 5) is 23.5. The molecule has 0 bridgehead atoms. The Balaban J connectivity index is 1.97. The molecule has 0 atom stereocenters. The van der Waals surface area contributed by atoms with Crippen LogP contribution in [0, 0.1) is 15.9 Å². The van der Waals surface area contributed by atoms with Crippen molar-refractivity contribution in [1.29, 1.82) is 0 Å². The first-order valence-corrected chi connectivity index (χ1v) is 8.49. The highest BCUT2D eigenvalue weighted by molar-refractivity contribution is 7.99. The highest BCUT2D eigenvalue weighted by Gasteiger charge is 2.20. The molecule has 0 saturated carbocycles. The van der Waals surface area contributed by atoms with Crippen molar-refractivity contribution in [2.75, 3.05) is 5.32 Å². The number of aryl methyl sites for hydroxylation is 1. The van der Waals surface area contributed by atoms with Crippen LogP contribution in [0.4, 0.5) is 15.8 Å². The number of benzene rings is 2. The van der Waals surface area contributed by atoms with Crippen LogP contribution in [0.5, 0.6) is 0 Å². The Labute approximate surface area is 160 Å². The van der Waals surface area contributed by atoms with E-state index >= 15 is 0 Å². The average Bonchev–Trinajstić information content (AvgIpc) is 3.02. The Hall–Kier alpha value is -3.05. The molecule has 0 saturated heterocycles. The molecule has 138 valence electrons. The van der Waals surface area contributed by atoms with Gasteiger partial charge in [0.15, 0.2) is 0 Å². The third-order valence-electron chi connectivity index (χ3n) is 3.38. The van der Waals surface area contributed by atoms with Gasteiger partial charge < -0.3 is 5.32 Å². The van der Waals surface area contributed by atoms with Gasteiger partial charge in [-0.05, 0) is 46.5 Å². The molecule has 2 aromatic carbocycles. The number of halogens is 2. The molecule has 1 heterocycles. The maximum absolute atomic E-state index is 14.0. The van der Waals surface area contributed by atoms with E-state index in [-0.39, 0.29) is 22.0 Å². The summed E-state index contributed by atoms with van der Waals surface area (Å²) in [5, 5.41) is 25.0. The van der Waals surface area contributed by atoms with Gasteiger partial charge in [0.1, 0.15) is 5.82 Å². The lowest BCUT2D eigenvalue weighted by molar-refractivity contribution is -0.384. The Bertz CT molecular complexity index is 1040. The zero-order valence-corrected chi connectivity index (χ0v) is 15.2. The van der Waals surface area contributed by atoms with Crippen LogP contribution in [0.2, 0.25) is 5.02 Å². The molecule has 0 aliphatic carbocycles. The number of nitrogens with one attached hydrogen (secondary N) is 1. The van der Waals surface area contributed by atoms with Crippen LogP contribution in [0.1, 0.15) is 10.4 Å². The van der Waals surface area contributed by atoms with Gasteiger partial charge in [0, 0.05) is 29.1 Å². The van der Waals surface area contributed by atoms with Crippen molar-refractivity contribution in [3.63, 3.8) is 0 Å². The minimum atomic E-state index is -0.729. The standard InChI is InChI=1S/C15H10ClFN6O3S/c1-22-15(19-20-21-22)27-13-5-3-9(23(25)26)7-10(13)14(24)18-12-4-2-8(16)6-11(12)17/h2-7H,1H3,(H,18,24). The third-order valence-corrected chi connectivity index (χ3v) is 4.72. The highest BCUT2D eigenvalue weighted by atomic mass is 35.5. The number of rotatable bonds is 5. The van der Waals surface area contributed by atoms with E-state index in [4.69, 9.17) is 11.6 Å². The van der Waals surface area contributed by atoms with Crippen molar-refractivity contribution in [1.82, 2.24) is 20.2 Å². The Kier molecular flexibility index (Phi) is 5.33. The largest absolute Gasteiger partial charge is 0.319 e. The number of nitro benzene ring substituents is 1. The number of hydrogen-bond acceptors (Lipinski definition) is 7. The number of non-ortho nitro benzene ring substituents is 1. The zero-order valence-electron chi connectivity index (χ0n) is 13.6. The predicted octanol–water partition coefficient (Wildman–Crippen LogP) is 3.31. The second-order valence-electron chi connectivity index (χ2n) is 5.20. The maximum Gasteiger partial charge on any atom is 0.270 e. The minimum absolute atomic E-state index is 0.0217. The van der Waals surface area contributed by atoms with Crippen molar-refractivity contribution in [3.8, 4) is 0 Å². The maximum atomic E-state index is 14.0. The Morgan fingerprint density at radius 3 is 2.74 bits per heavy atom. The first kappa shape index (κ1) is 18.7. The van der Waals surface area contributed by atoms with Crippen LogP contribution in [-0.4, -0.2) is 31.0 Å². The summed E-state index contributed by atoms with van der Waals surface area (Å²) in [7, 11) is 1.61. The number of amides is 1. The van der Waals surface area contributed by atoms with Crippen LogP contribution in [-0.2, 0) is 7.05 Å². The normalized spacial score (nSPS) is 10.6. The monoisotopic (exact) mass is 408 g/mol. The lowest BCUT2D eigenvalue weighted by Gasteiger charge is -2.10.